The fourth-order valence-corrected chi connectivity index (χ4v) is 9.26. The van der Waals surface area contributed by atoms with E-state index in [9.17, 15) is 0 Å². The zero-order chi connectivity index (χ0) is 41.9. The Morgan fingerprint density at radius 2 is 0.794 bits per heavy atom. The first kappa shape index (κ1) is 36.4. The molecule has 3 heterocycles. The van der Waals surface area contributed by atoms with E-state index in [4.69, 9.17) is 15.0 Å². The van der Waals surface area contributed by atoms with Gasteiger partial charge in [-0.3, -0.25) is 0 Å². The van der Waals surface area contributed by atoms with Crippen LogP contribution in [0.5, 0.6) is 0 Å². The summed E-state index contributed by atoms with van der Waals surface area (Å²) in [5, 5.41) is 4.77. The maximum atomic E-state index is 5.33. The van der Waals surface area contributed by atoms with Crippen LogP contribution in [0.3, 0.4) is 0 Å². The molecule has 5 heteroatoms. The van der Waals surface area contributed by atoms with E-state index in [1.165, 1.54) is 38.2 Å². The molecule has 0 fully saturated rings. The largest absolute Gasteiger partial charge is 0.309 e. The first-order chi connectivity index (χ1) is 31.1. The van der Waals surface area contributed by atoms with E-state index < -0.39 is 0 Å². The molecule has 0 N–H and O–H groups in total. The standard InChI is InChI=1S/C58H39N5/c1-38-16-15-21-41(34-38)44-28-31-48-46-24-11-14-27-52(46)63(55(48)37-44)54-33-30-43(42-29-32-53-49(35-42)47-25-12-13-26-51(47)62(53)45-22-9-4-10-23-45)36-50(54)58-60-56(39-17-5-2-6-18-39)59-57(61-58)40-19-7-3-8-20-40/h2-37H,1H3. The van der Waals surface area contributed by atoms with E-state index >= 15 is 0 Å². The number of hydrogen-bond acceptors (Lipinski definition) is 3. The van der Waals surface area contributed by atoms with Crippen molar-refractivity contribution in [1.82, 2.24) is 24.1 Å². The molecule has 12 aromatic rings. The van der Waals surface area contributed by atoms with Gasteiger partial charge in [0, 0.05) is 43.9 Å². The molecule has 296 valence electrons. The normalized spacial score (nSPS) is 11.6. The molecule has 0 aliphatic rings. The molecular formula is C58H39N5. The Bertz CT molecular complexity index is 3620. The lowest BCUT2D eigenvalue weighted by molar-refractivity contribution is 1.06. The molecule has 5 nitrogen and oxygen atoms in total. The summed E-state index contributed by atoms with van der Waals surface area (Å²) in [5.41, 5.74) is 15.2. The molecule has 0 saturated heterocycles. The van der Waals surface area contributed by atoms with Crippen molar-refractivity contribution in [2.45, 2.75) is 6.92 Å². The van der Waals surface area contributed by atoms with Crippen LogP contribution in [-0.2, 0) is 0 Å². The van der Waals surface area contributed by atoms with Crippen molar-refractivity contribution in [2.24, 2.45) is 0 Å². The van der Waals surface area contributed by atoms with Gasteiger partial charge in [0.2, 0.25) is 0 Å². The fourth-order valence-electron chi connectivity index (χ4n) is 9.26. The second-order valence-electron chi connectivity index (χ2n) is 16.1. The van der Waals surface area contributed by atoms with Gasteiger partial charge in [-0.25, -0.2) is 15.0 Å². The van der Waals surface area contributed by atoms with Crippen LogP contribution < -0.4 is 0 Å². The predicted octanol–water partition coefficient (Wildman–Crippen LogP) is 14.7. The van der Waals surface area contributed by atoms with Gasteiger partial charge >= 0.3 is 0 Å². The highest BCUT2D eigenvalue weighted by Crippen LogP contribution is 2.41. The predicted molar refractivity (Wildman–Crippen MR) is 260 cm³/mol. The van der Waals surface area contributed by atoms with Gasteiger partial charge in [-0.05, 0) is 83.8 Å². The van der Waals surface area contributed by atoms with Gasteiger partial charge in [-0.2, -0.15) is 0 Å². The molecule has 0 radical (unpaired) electrons. The fraction of sp³-hybridized carbons (Fsp3) is 0.0172. The first-order valence-corrected chi connectivity index (χ1v) is 21.4. The lowest BCUT2D eigenvalue weighted by atomic mass is 9.99. The molecule has 0 saturated carbocycles. The summed E-state index contributed by atoms with van der Waals surface area (Å²) in [7, 11) is 0. The zero-order valence-corrected chi connectivity index (χ0v) is 34.5. The van der Waals surface area contributed by atoms with E-state index in [-0.39, 0.29) is 0 Å². The smallest absolute Gasteiger partial charge is 0.166 e. The molecule has 0 atom stereocenters. The van der Waals surface area contributed by atoms with Crippen LogP contribution in [0.2, 0.25) is 0 Å². The minimum Gasteiger partial charge on any atom is -0.309 e. The summed E-state index contributed by atoms with van der Waals surface area (Å²) in [6.45, 7) is 2.15. The number of aryl methyl sites for hydroxylation is 1. The van der Waals surface area contributed by atoms with Gasteiger partial charge in [-0.1, -0.05) is 169 Å². The van der Waals surface area contributed by atoms with E-state index in [0.29, 0.717) is 17.5 Å². The number of benzene rings is 9. The van der Waals surface area contributed by atoms with Gasteiger partial charge in [-0.15, -0.1) is 0 Å². The number of hydrogen-bond donors (Lipinski definition) is 0. The van der Waals surface area contributed by atoms with Gasteiger partial charge < -0.3 is 9.13 Å². The summed E-state index contributed by atoms with van der Waals surface area (Å²) in [5.74, 6) is 1.84. The number of fused-ring (bicyclic) bond motifs is 6. The van der Waals surface area contributed by atoms with Crippen LogP contribution in [0.25, 0.3) is 111 Å². The molecule has 3 aromatic heterocycles. The van der Waals surface area contributed by atoms with Crippen molar-refractivity contribution in [3.8, 4) is 67.8 Å². The molecule has 12 rings (SSSR count). The van der Waals surface area contributed by atoms with Gasteiger partial charge in [0.05, 0.1) is 27.8 Å². The lowest BCUT2D eigenvalue weighted by Gasteiger charge is -2.17. The lowest BCUT2D eigenvalue weighted by Crippen LogP contribution is -2.04. The molecular weight excluding hydrogens is 767 g/mol. The third-order valence-corrected chi connectivity index (χ3v) is 12.2. The van der Waals surface area contributed by atoms with Crippen molar-refractivity contribution in [3.63, 3.8) is 0 Å². The van der Waals surface area contributed by atoms with Crippen molar-refractivity contribution in [3.05, 3.63) is 224 Å². The molecule has 0 spiro atoms. The van der Waals surface area contributed by atoms with Crippen molar-refractivity contribution >= 4 is 43.6 Å². The van der Waals surface area contributed by atoms with Crippen LogP contribution in [0.1, 0.15) is 5.56 Å². The molecule has 0 aliphatic heterocycles. The highest BCUT2D eigenvalue weighted by Gasteiger charge is 2.22. The Morgan fingerprint density at radius 1 is 0.302 bits per heavy atom. The molecule has 0 unspecified atom stereocenters. The summed E-state index contributed by atoms with van der Waals surface area (Å²) >= 11 is 0. The second-order valence-corrected chi connectivity index (χ2v) is 16.1. The van der Waals surface area contributed by atoms with E-state index in [1.807, 2.05) is 36.4 Å². The van der Waals surface area contributed by atoms with Crippen LogP contribution in [0.15, 0.2) is 218 Å². The third-order valence-electron chi connectivity index (χ3n) is 12.2. The second kappa shape index (κ2) is 14.9. The zero-order valence-electron chi connectivity index (χ0n) is 34.5. The number of rotatable bonds is 7. The number of aromatic nitrogens is 5. The Balaban J connectivity index is 1.14. The van der Waals surface area contributed by atoms with Crippen LogP contribution in [-0.4, -0.2) is 24.1 Å². The van der Waals surface area contributed by atoms with Gasteiger partial charge in [0.25, 0.3) is 0 Å². The average Bonchev–Trinajstić information content (AvgIpc) is 3.86. The SMILES string of the molecule is Cc1cccc(-c2ccc3c4ccccc4n(-c4ccc(-c5ccc6c(c5)c5ccccc5n6-c5ccccc5)cc4-c4nc(-c5ccccc5)nc(-c5ccccc5)n4)c3c2)c1. The monoisotopic (exact) mass is 805 g/mol. The number of nitrogens with zero attached hydrogens (tertiary/aromatic N) is 5. The Kier molecular flexibility index (Phi) is 8.64. The topological polar surface area (TPSA) is 48.5 Å². The highest BCUT2D eigenvalue weighted by molar-refractivity contribution is 6.12. The van der Waals surface area contributed by atoms with Crippen LogP contribution >= 0.6 is 0 Å². The minimum absolute atomic E-state index is 0.599. The molecule has 0 aliphatic carbocycles. The van der Waals surface area contributed by atoms with Crippen molar-refractivity contribution in [1.29, 1.82) is 0 Å². The van der Waals surface area contributed by atoms with E-state index in [0.717, 1.165) is 61.3 Å². The van der Waals surface area contributed by atoms with Gasteiger partial charge in [0.1, 0.15) is 0 Å². The quantitative estimate of drug-likeness (QED) is 0.161. The van der Waals surface area contributed by atoms with Crippen molar-refractivity contribution in [2.75, 3.05) is 0 Å². The Morgan fingerprint density at radius 3 is 1.49 bits per heavy atom. The number of para-hydroxylation sites is 3. The Hall–Kier alpha value is -8.41. The molecule has 63 heavy (non-hydrogen) atoms. The van der Waals surface area contributed by atoms with E-state index in [2.05, 4.69) is 198 Å². The third kappa shape index (κ3) is 6.29. The molecule has 0 amide bonds. The van der Waals surface area contributed by atoms with Crippen LogP contribution in [0.4, 0.5) is 0 Å². The average molecular weight is 806 g/mol. The maximum Gasteiger partial charge on any atom is 0.166 e. The summed E-state index contributed by atoms with van der Waals surface area (Å²) in [6.07, 6.45) is 0. The maximum absolute atomic E-state index is 5.33. The molecule has 9 aromatic carbocycles. The van der Waals surface area contributed by atoms with Gasteiger partial charge in [0.15, 0.2) is 17.5 Å². The minimum atomic E-state index is 0.599. The van der Waals surface area contributed by atoms with E-state index in [1.54, 1.807) is 0 Å². The molecule has 0 bridgehead atoms. The Labute approximate surface area is 364 Å². The first-order valence-electron chi connectivity index (χ1n) is 21.4. The summed E-state index contributed by atoms with van der Waals surface area (Å²) < 4.78 is 4.76. The summed E-state index contributed by atoms with van der Waals surface area (Å²) in [6, 6.07) is 77.6. The van der Waals surface area contributed by atoms with Crippen molar-refractivity contribution < 1.29 is 0 Å². The highest BCUT2D eigenvalue weighted by atomic mass is 15.1. The summed E-state index contributed by atoms with van der Waals surface area (Å²) in [4.78, 5) is 15.7. The van der Waals surface area contributed by atoms with Crippen LogP contribution in [0, 0.1) is 6.92 Å².